The highest BCUT2D eigenvalue weighted by Crippen LogP contribution is 2.32. The largest absolute Gasteiger partial charge is 0.469 e. The van der Waals surface area contributed by atoms with E-state index in [1.54, 1.807) is 0 Å². The third-order valence-electron chi connectivity index (χ3n) is 3.22. The van der Waals surface area contributed by atoms with Crippen molar-refractivity contribution < 1.29 is 9.53 Å². The van der Waals surface area contributed by atoms with Gasteiger partial charge in [-0.3, -0.25) is 9.69 Å². The molecular formula is C11H20N2O2. The van der Waals surface area contributed by atoms with Crippen LogP contribution in [0.3, 0.4) is 0 Å². The third kappa shape index (κ3) is 3.18. The number of nitrogens with zero attached hydrogens (tertiary/aromatic N) is 1. The van der Waals surface area contributed by atoms with Gasteiger partial charge >= 0.3 is 5.97 Å². The molecule has 1 aliphatic heterocycles. The van der Waals surface area contributed by atoms with Gasteiger partial charge in [0.2, 0.25) is 0 Å². The van der Waals surface area contributed by atoms with Gasteiger partial charge in [-0.05, 0) is 18.8 Å². The lowest BCUT2D eigenvalue weighted by atomic mass is 10.00. The van der Waals surface area contributed by atoms with E-state index in [0.717, 1.165) is 25.0 Å². The second-order valence-corrected chi connectivity index (χ2v) is 4.58. The number of carbonyl (C=O) groups is 1. The fraction of sp³-hybridized carbons (Fsp3) is 0.909. The quantitative estimate of drug-likeness (QED) is 0.505. The molecule has 15 heavy (non-hydrogen) atoms. The van der Waals surface area contributed by atoms with E-state index in [4.69, 9.17) is 0 Å². The molecule has 1 saturated carbocycles. The van der Waals surface area contributed by atoms with Gasteiger partial charge < -0.3 is 10.1 Å². The second kappa shape index (κ2) is 4.94. The molecule has 0 atom stereocenters. The van der Waals surface area contributed by atoms with E-state index in [-0.39, 0.29) is 5.97 Å². The van der Waals surface area contributed by atoms with Gasteiger partial charge in [-0.2, -0.15) is 0 Å². The van der Waals surface area contributed by atoms with Crippen LogP contribution >= 0.6 is 0 Å². The first kappa shape index (κ1) is 10.9. The van der Waals surface area contributed by atoms with E-state index >= 15 is 0 Å². The lowest BCUT2D eigenvalue weighted by Gasteiger charge is -2.39. The Hall–Kier alpha value is -0.610. The van der Waals surface area contributed by atoms with E-state index in [2.05, 4.69) is 15.0 Å². The molecule has 0 aromatic heterocycles. The Balaban J connectivity index is 1.44. The summed E-state index contributed by atoms with van der Waals surface area (Å²) in [5, 5.41) is 3.30. The Labute approximate surface area is 91.0 Å². The summed E-state index contributed by atoms with van der Waals surface area (Å²) in [6.45, 7) is 4.28. The van der Waals surface area contributed by atoms with E-state index in [1.165, 1.54) is 33.0 Å². The third-order valence-corrected chi connectivity index (χ3v) is 3.22. The lowest BCUT2D eigenvalue weighted by Crippen LogP contribution is -2.51. The first-order chi connectivity index (χ1) is 7.29. The zero-order valence-corrected chi connectivity index (χ0v) is 9.37. The highest BCUT2D eigenvalue weighted by atomic mass is 16.5. The number of carbonyl (C=O) groups excluding carboxylic acids is 1. The van der Waals surface area contributed by atoms with Gasteiger partial charge in [-0.25, -0.2) is 0 Å². The number of rotatable bonds is 6. The molecule has 1 N–H and O–H groups in total. The van der Waals surface area contributed by atoms with Crippen LogP contribution in [0.2, 0.25) is 0 Å². The summed E-state index contributed by atoms with van der Waals surface area (Å²) in [5.74, 6) is 0.666. The van der Waals surface area contributed by atoms with Crippen molar-refractivity contribution >= 4 is 5.97 Å². The maximum Gasteiger partial charge on any atom is 0.306 e. The molecule has 4 heteroatoms. The molecule has 2 rings (SSSR count). The number of likely N-dealkylation sites (tertiary alicyclic amines) is 1. The second-order valence-electron chi connectivity index (χ2n) is 4.58. The van der Waals surface area contributed by atoms with Crippen LogP contribution in [0.15, 0.2) is 0 Å². The minimum Gasteiger partial charge on any atom is -0.469 e. The molecule has 0 unspecified atom stereocenters. The molecule has 1 saturated heterocycles. The summed E-state index contributed by atoms with van der Waals surface area (Å²) in [6.07, 6.45) is 3.29. The molecule has 2 fully saturated rings. The van der Waals surface area contributed by atoms with E-state index in [0.29, 0.717) is 6.42 Å². The molecule has 0 amide bonds. The molecule has 2 aliphatic rings. The minimum atomic E-state index is -0.129. The standard InChI is InChI=1S/C11H20N2O2/c1-15-11(14)4-5-12-6-9-7-13(8-9)10-2-3-10/h9-10,12H,2-8H2,1H3. The Morgan fingerprint density at radius 2 is 2.20 bits per heavy atom. The summed E-state index contributed by atoms with van der Waals surface area (Å²) in [7, 11) is 1.43. The molecule has 0 radical (unpaired) electrons. The van der Waals surface area contributed by atoms with Crippen molar-refractivity contribution in [3.8, 4) is 0 Å². The van der Waals surface area contributed by atoms with Gasteiger partial charge in [0.25, 0.3) is 0 Å². The van der Waals surface area contributed by atoms with E-state index in [9.17, 15) is 4.79 Å². The summed E-state index contributed by atoms with van der Waals surface area (Å²) < 4.78 is 4.57. The van der Waals surface area contributed by atoms with E-state index in [1.807, 2.05) is 0 Å². The summed E-state index contributed by atoms with van der Waals surface area (Å²) in [4.78, 5) is 13.4. The average Bonchev–Trinajstić information content (AvgIpc) is 2.97. The van der Waals surface area contributed by atoms with Crippen molar-refractivity contribution in [2.45, 2.75) is 25.3 Å². The van der Waals surface area contributed by atoms with Crippen LogP contribution < -0.4 is 5.32 Å². The van der Waals surface area contributed by atoms with Gasteiger partial charge in [0.15, 0.2) is 0 Å². The highest BCUT2D eigenvalue weighted by Gasteiger charge is 2.37. The molecule has 0 bridgehead atoms. The van der Waals surface area contributed by atoms with Crippen molar-refractivity contribution in [3.05, 3.63) is 0 Å². The zero-order chi connectivity index (χ0) is 10.7. The zero-order valence-electron chi connectivity index (χ0n) is 9.37. The molecule has 1 heterocycles. The normalized spacial score (nSPS) is 22.5. The molecule has 86 valence electrons. The summed E-state index contributed by atoms with van der Waals surface area (Å²) >= 11 is 0. The number of hydrogen-bond donors (Lipinski definition) is 1. The van der Waals surface area contributed by atoms with Crippen molar-refractivity contribution in [2.24, 2.45) is 5.92 Å². The van der Waals surface area contributed by atoms with Crippen molar-refractivity contribution in [1.82, 2.24) is 10.2 Å². The molecule has 4 nitrogen and oxygen atoms in total. The molecule has 0 aromatic carbocycles. The number of esters is 1. The number of ether oxygens (including phenoxy) is 1. The van der Waals surface area contributed by atoms with Crippen LogP contribution in [0, 0.1) is 5.92 Å². The molecule has 0 spiro atoms. The Morgan fingerprint density at radius 3 is 2.80 bits per heavy atom. The first-order valence-corrected chi connectivity index (χ1v) is 5.81. The minimum absolute atomic E-state index is 0.129. The van der Waals surface area contributed by atoms with Crippen molar-refractivity contribution in [3.63, 3.8) is 0 Å². The van der Waals surface area contributed by atoms with Crippen molar-refractivity contribution in [2.75, 3.05) is 33.3 Å². The van der Waals surface area contributed by atoms with Crippen LogP contribution in [-0.4, -0.2) is 50.2 Å². The number of hydrogen-bond acceptors (Lipinski definition) is 4. The molecule has 0 aromatic rings. The van der Waals surface area contributed by atoms with Crippen LogP contribution in [0.4, 0.5) is 0 Å². The molecular weight excluding hydrogens is 192 g/mol. The van der Waals surface area contributed by atoms with Crippen LogP contribution in [0.25, 0.3) is 0 Å². The SMILES string of the molecule is COC(=O)CCNCC1CN(C2CC2)C1. The van der Waals surface area contributed by atoms with Gasteiger partial charge in [-0.1, -0.05) is 0 Å². The predicted octanol–water partition coefficient (Wildman–Crippen LogP) is 0.233. The van der Waals surface area contributed by atoms with Gasteiger partial charge in [-0.15, -0.1) is 0 Å². The summed E-state index contributed by atoms with van der Waals surface area (Å²) in [6, 6.07) is 0.913. The summed E-state index contributed by atoms with van der Waals surface area (Å²) in [5.41, 5.74) is 0. The predicted molar refractivity (Wildman–Crippen MR) is 57.6 cm³/mol. The maximum atomic E-state index is 10.8. The van der Waals surface area contributed by atoms with Gasteiger partial charge in [0.05, 0.1) is 13.5 Å². The monoisotopic (exact) mass is 212 g/mol. The molecule has 1 aliphatic carbocycles. The van der Waals surface area contributed by atoms with Crippen LogP contribution in [0.1, 0.15) is 19.3 Å². The number of nitrogens with one attached hydrogen (secondary N) is 1. The lowest BCUT2D eigenvalue weighted by molar-refractivity contribution is -0.140. The van der Waals surface area contributed by atoms with Crippen LogP contribution in [-0.2, 0) is 9.53 Å². The Bertz CT molecular complexity index is 223. The fourth-order valence-electron chi connectivity index (χ4n) is 2.08. The Morgan fingerprint density at radius 1 is 1.47 bits per heavy atom. The highest BCUT2D eigenvalue weighted by molar-refractivity contribution is 5.69. The van der Waals surface area contributed by atoms with Gasteiger partial charge in [0.1, 0.15) is 0 Å². The first-order valence-electron chi connectivity index (χ1n) is 5.81. The van der Waals surface area contributed by atoms with Crippen LogP contribution in [0.5, 0.6) is 0 Å². The number of methoxy groups -OCH3 is 1. The van der Waals surface area contributed by atoms with E-state index < -0.39 is 0 Å². The Kier molecular flexibility index (Phi) is 3.59. The van der Waals surface area contributed by atoms with Gasteiger partial charge in [0, 0.05) is 32.2 Å². The fourth-order valence-corrected chi connectivity index (χ4v) is 2.08. The maximum absolute atomic E-state index is 10.8. The average molecular weight is 212 g/mol. The van der Waals surface area contributed by atoms with Crippen molar-refractivity contribution in [1.29, 1.82) is 0 Å². The smallest absolute Gasteiger partial charge is 0.306 e. The topological polar surface area (TPSA) is 41.6 Å².